The minimum atomic E-state index is -0.691. The first-order chi connectivity index (χ1) is 13.8. The number of rotatable bonds is 3. The maximum atomic E-state index is 14.1. The third-order valence-corrected chi connectivity index (χ3v) is 5.84. The smallest absolute Gasteiger partial charge is 0.229 e. The van der Waals surface area contributed by atoms with Gasteiger partial charge in [0.2, 0.25) is 5.95 Å². The summed E-state index contributed by atoms with van der Waals surface area (Å²) in [6.45, 7) is 6.76. The number of fused-ring (bicyclic) bond motifs is 1. The molecule has 7 heteroatoms. The zero-order chi connectivity index (χ0) is 20.7. The molecule has 2 aromatic carbocycles. The summed E-state index contributed by atoms with van der Waals surface area (Å²) in [7, 11) is 0. The minimum absolute atomic E-state index is 0.0841. The molecule has 2 heterocycles. The van der Waals surface area contributed by atoms with E-state index in [2.05, 4.69) is 33.2 Å². The van der Waals surface area contributed by atoms with Crippen LogP contribution in [0.4, 0.5) is 26.2 Å². The Bertz CT molecular complexity index is 1090. The molecule has 1 atom stereocenters. The van der Waals surface area contributed by atoms with Gasteiger partial charge in [0.05, 0.1) is 11.7 Å². The van der Waals surface area contributed by atoms with Crippen molar-refractivity contribution in [3.8, 4) is 0 Å². The van der Waals surface area contributed by atoms with E-state index in [1.165, 1.54) is 23.3 Å². The normalized spacial score (nSPS) is 15.9. The molecule has 1 N–H and O–H groups in total. The van der Waals surface area contributed by atoms with Gasteiger partial charge in [0.1, 0.15) is 17.5 Å². The Morgan fingerprint density at radius 1 is 1.14 bits per heavy atom. The van der Waals surface area contributed by atoms with Crippen LogP contribution >= 0.6 is 11.6 Å². The Hall–Kier alpha value is -2.73. The molecule has 0 spiro atoms. The van der Waals surface area contributed by atoms with E-state index in [1.807, 2.05) is 26.0 Å². The summed E-state index contributed by atoms with van der Waals surface area (Å²) in [5.41, 5.74) is 4.24. The van der Waals surface area contributed by atoms with Crippen molar-refractivity contribution in [1.29, 1.82) is 0 Å². The average Bonchev–Trinajstić information content (AvgIpc) is 2.68. The summed E-state index contributed by atoms with van der Waals surface area (Å²) in [5, 5.41) is 3.67. The third kappa shape index (κ3) is 3.65. The van der Waals surface area contributed by atoms with Crippen LogP contribution in [-0.4, -0.2) is 16.5 Å². The summed E-state index contributed by atoms with van der Waals surface area (Å²) in [6.07, 6.45) is 0.817. The van der Waals surface area contributed by atoms with Crippen LogP contribution in [0.2, 0.25) is 5.02 Å². The van der Waals surface area contributed by atoms with Crippen LogP contribution in [0.15, 0.2) is 36.4 Å². The molecule has 0 saturated heterocycles. The second-order valence-electron chi connectivity index (χ2n) is 7.26. The van der Waals surface area contributed by atoms with Crippen LogP contribution in [0.5, 0.6) is 0 Å². The summed E-state index contributed by atoms with van der Waals surface area (Å²) in [5.74, 6) is -0.254. The van der Waals surface area contributed by atoms with Crippen LogP contribution in [0.3, 0.4) is 0 Å². The topological polar surface area (TPSA) is 41.1 Å². The minimum Gasteiger partial charge on any atom is -0.349 e. The maximum absolute atomic E-state index is 14.1. The molecule has 150 valence electrons. The van der Waals surface area contributed by atoms with Crippen LogP contribution in [0, 0.1) is 25.5 Å². The molecule has 1 aromatic heterocycles. The predicted octanol–water partition coefficient (Wildman–Crippen LogP) is 5.89. The number of halogens is 3. The standard InChI is InChI=1S/C22H21ClF2N4/c1-12-13(2)26-22(27-20-8-7-15(24)11-19(20)25)28-21(12)29-10-9-17-16(14(29)3)5-4-6-18(17)23/h4-8,11,14H,9-10H2,1-3H3,(H,26,27,28). The molecule has 4 rings (SSSR count). The summed E-state index contributed by atoms with van der Waals surface area (Å²) in [4.78, 5) is 11.3. The van der Waals surface area contributed by atoms with Gasteiger partial charge in [-0.15, -0.1) is 0 Å². The van der Waals surface area contributed by atoms with Crippen LogP contribution in [-0.2, 0) is 6.42 Å². The van der Waals surface area contributed by atoms with E-state index in [1.54, 1.807) is 0 Å². The van der Waals surface area contributed by atoms with Crippen molar-refractivity contribution >= 4 is 29.1 Å². The molecule has 0 fully saturated rings. The molecule has 29 heavy (non-hydrogen) atoms. The summed E-state index contributed by atoms with van der Waals surface area (Å²) >= 11 is 6.38. The van der Waals surface area contributed by atoms with Gasteiger partial charge in [-0.05, 0) is 56.5 Å². The molecule has 0 radical (unpaired) electrons. The lowest BCUT2D eigenvalue weighted by molar-refractivity contribution is 0.585. The molecule has 3 aromatic rings. The van der Waals surface area contributed by atoms with Gasteiger partial charge in [0.25, 0.3) is 0 Å². The zero-order valence-corrected chi connectivity index (χ0v) is 17.2. The van der Waals surface area contributed by atoms with Gasteiger partial charge < -0.3 is 10.2 Å². The van der Waals surface area contributed by atoms with Crippen molar-refractivity contribution in [2.75, 3.05) is 16.8 Å². The Kier molecular flexibility index (Phi) is 5.13. The molecule has 0 amide bonds. The number of hydrogen-bond acceptors (Lipinski definition) is 4. The Morgan fingerprint density at radius 2 is 1.93 bits per heavy atom. The Morgan fingerprint density at radius 3 is 2.69 bits per heavy atom. The highest BCUT2D eigenvalue weighted by Crippen LogP contribution is 2.37. The van der Waals surface area contributed by atoms with Gasteiger partial charge in [0.15, 0.2) is 0 Å². The number of anilines is 3. The van der Waals surface area contributed by atoms with Gasteiger partial charge in [0, 0.05) is 28.9 Å². The van der Waals surface area contributed by atoms with Crippen molar-refractivity contribution in [3.63, 3.8) is 0 Å². The second-order valence-corrected chi connectivity index (χ2v) is 7.66. The number of aromatic nitrogens is 2. The fraction of sp³-hybridized carbons (Fsp3) is 0.273. The Labute approximate surface area is 173 Å². The van der Waals surface area contributed by atoms with E-state index < -0.39 is 11.6 Å². The molecular formula is C22H21ClF2N4. The highest BCUT2D eigenvalue weighted by Gasteiger charge is 2.28. The third-order valence-electron chi connectivity index (χ3n) is 5.49. The molecule has 0 bridgehead atoms. The van der Waals surface area contributed by atoms with Gasteiger partial charge in [-0.25, -0.2) is 13.8 Å². The second kappa shape index (κ2) is 7.59. The van der Waals surface area contributed by atoms with E-state index in [9.17, 15) is 8.78 Å². The van der Waals surface area contributed by atoms with E-state index in [4.69, 9.17) is 11.6 Å². The van der Waals surface area contributed by atoms with E-state index >= 15 is 0 Å². The summed E-state index contributed by atoms with van der Waals surface area (Å²) < 4.78 is 27.2. The molecule has 0 saturated carbocycles. The van der Waals surface area contributed by atoms with Crippen molar-refractivity contribution in [2.24, 2.45) is 0 Å². The van der Waals surface area contributed by atoms with Crippen molar-refractivity contribution in [3.05, 3.63) is 75.4 Å². The maximum Gasteiger partial charge on any atom is 0.229 e. The van der Waals surface area contributed by atoms with Crippen molar-refractivity contribution in [2.45, 2.75) is 33.2 Å². The summed E-state index contributed by atoms with van der Waals surface area (Å²) in [6, 6.07) is 9.42. The number of benzene rings is 2. The fourth-order valence-electron chi connectivity index (χ4n) is 3.77. The molecule has 1 aliphatic rings. The van der Waals surface area contributed by atoms with Crippen molar-refractivity contribution < 1.29 is 8.78 Å². The quantitative estimate of drug-likeness (QED) is 0.580. The number of hydrogen-bond donors (Lipinski definition) is 1. The molecule has 1 unspecified atom stereocenters. The Balaban J connectivity index is 1.71. The van der Waals surface area contributed by atoms with Crippen LogP contribution < -0.4 is 10.2 Å². The largest absolute Gasteiger partial charge is 0.349 e. The lowest BCUT2D eigenvalue weighted by atomic mass is 9.93. The van der Waals surface area contributed by atoms with Crippen LogP contribution in [0.1, 0.15) is 35.3 Å². The zero-order valence-electron chi connectivity index (χ0n) is 16.4. The van der Waals surface area contributed by atoms with E-state index in [0.29, 0.717) is 0 Å². The van der Waals surface area contributed by atoms with Crippen molar-refractivity contribution in [1.82, 2.24) is 9.97 Å². The first kappa shape index (κ1) is 19.6. The van der Waals surface area contributed by atoms with E-state index in [0.717, 1.165) is 41.1 Å². The SMILES string of the molecule is Cc1nc(Nc2ccc(F)cc2F)nc(N2CCc3c(Cl)cccc3C2C)c1C. The average molecular weight is 415 g/mol. The first-order valence-electron chi connectivity index (χ1n) is 9.46. The molecule has 4 nitrogen and oxygen atoms in total. The molecule has 1 aliphatic heterocycles. The highest BCUT2D eigenvalue weighted by atomic mass is 35.5. The van der Waals surface area contributed by atoms with E-state index in [-0.39, 0.29) is 17.7 Å². The highest BCUT2D eigenvalue weighted by molar-refractivity contribution is 6.31. The lowest BCUT2D eigenvalue weighted by Crippen LogP contribution is -2.35. The van der Waals surface area contributed by atoms with Gasteiger partial charge in [-0.3, -0.25) is 0 Å². The molecular weight excluding hydrogens is 394 g/mol. The van der Waals surface area contributed by atoms with Crippen LogP contribution in [0.25, 0.3) is 0 Å². The first-order valence-corrected chi connectivity index (χ1v) is 9.84. The predicted molar refractivity (Wildman–Crippen MR) is 112 cm³/mol. The number of nitrogens with zero attached hydrogens (tertiary/aromatic N) is 3. The van der Waals surface area contributed by atoms with Gasteiger partial charge in [-0.1, -0.05) is 23.7 Å². The van der Waals surface area contributed by atoms with Gasteiger partial charge >= 0.3 is 0 Å². The molecule has 0 aliphatic carbocycles. The number of aryl methyl sites for hydroxylation is 1. The van der Waals surface area contributed by atoms with Gasteiger partial charge in [-0.2, -0.15) is 4.98 Å². The number of nitrogens with one attached hydrogen (secondary N) is 1. The lowest BCUT2D eigenvalue weighted by Gasteiger charge is -2.37. The monoisotopic (exact) mass is 414 g/mol. The fourth-order valence-corrected chi connectivity index (χ4v) is 4.05.